The highest BCUT2D eigenvalue weighted by Crippen LogP contribution is 2.29. The molecule has 0 spiro atoms. The first-order valence-electron chi connectivity index (χ1n) is 8.96. The van der Waals surface area contributed by atoms with Crippen molar-refractivity contribution in [2.24, 2.45) is 0 Å². The molecule has 3 heterocycles. The van der Waals surface area contributed by atoms with Crippen LogP contribution in [0.1, 0.15) is 24.3 Å². The van der Waals surface area contributed by atoms with Crippen molar-refractivity contribution in [3.63, 3.8) is 0 Å². The number of amides is 1. The van der Waals surface area contributed by atoms with Gasteiger partial charge in [-0.3, -0.25) is 4.79 Å². The van der Waals surface area contributed by atoms with Crippen LogP contribution in [-0.4, -0.2) is 45.9 Å². The molecule has 0 aliphatic carbocycles. The maximum atomic E-state index is 14.4. The first-order chi connectivity index (χ1) is 13.4. The van der Waals surface area contributed by atoms with Crippen LogP contribution in [0.2, 0.25) is 0 Å². The smallest absolute Gasteiger partial charge is 0.274 e. The normalized spacial score (nSPS) is 19.8. The van der Waals surface area contributed by atoms with Gasteiger partial charge in [0.2, 0.25) is 0 Å². The molecule has 1 aliphatic rings. The van der Waals surface area contributed by atoms with E-state index in [4.69, 9.17) is 4.74 Å². The van der Waals surface area contributed by atoms with Gasteiger partial charge in [-0.1, -0.05) is 6.07 Å². The summed E-state index contributed by atoms with van der Waals surface area (Å²) in [6, 6.07) is 8.69. The van der Waals surface area contributed by atoms with Crippen molar-refractivity contribution in [3.8, 4) is 16.3 Å². The maximum absolute atomic E-state index is 14.4. The van der Waals surface area contributed by atoms with Gasteiger partial charge in [0, 0.05) is 19.2 Å². The largest absolute Gasteiger partial charge is 0.372 e. The van der Waals surface area contributed by atoms with Gasteiger partial charge in [0.15, 0.2) is 11.5 Å². The highest BCUT2D eigenvalue weighted by molar-refractivity contribution is 7.13. The summed E-state index contributed by atoms with van der Waals surface area (Å²) < 4.78 is 34.8. The molecule has 1 aliphatic heterocycles. The van der Waals surface area contributed by atoms with E-state index in [1.165, 1.54) is 28.2 Å². The minimum Gasteiger partial charge on any atom is -0.372 e. The highest BCUT2D eigenvalue weighted by atomic mass is 32.1. The third-order valence-corrected chi connectivity index (χ3v) is 5.44. The molecule has 1 saturated heterocycles. The van der Waals surface area contributed by atoms with Crippen LogP contribution in [-0.2, 0) is 4.74 Å². The third-order valence-electron chi connectivity index (χ3n) is 4.55. The van der Waals surface area contributed by atoms with Gasteiger partial charge in [-0.15, -0.1) is 11.3 Å². The van der Waals surface area contributed by atoms with E-state index in [9.17, 15) is 13.6 Å². The Bertz CT molecular complexity index is 993. The molecular weight excluding hydrogens is 384 g/mol. The molecule has 0 radical (unpaired) electrons. The zero-order valence-electron chi connectivity index (χ0n) is 15.4. The second kappa shape index (κ2) is 7.44. The molecular formula is C20H19F2N3O2S. The minimum absolute atomic E-state index is 0.0684. The van der Waals surface area contributed by atoms with Crippen LogP contribution < -0.4 is 0 Å². The number of ether oxygens (including phenoxy) is 1. The number of halogens is 2. The molecule has 2 atom stereocenters. The van der Waals surface area contributed by atoms with Crippen LogP contribution in [0.25, 0.3) is 16.3 Å². The molecule has 0 saturated carbocycles. The number of hydrogen-bond donors (Lipinski definition) is 0. The van der Waals surface area contributed by atoms with Crippen LogP contribution >= 0.6 is 11.3 Å². The molecule has 0 unspecified atom stereocenters. The number of morpholine rings is 1. The van der Waals surface area contributed by atoms with E-state index in [-0.39, 0.29) is 29.5 Å². The predicted octanol–water partition coefficient (Wildman–Crippen LogP) is 4.13. The Balaban J connectivity index is 1.77. The van der Waals surface area contributed by atoms with Crippen molar-refractivity contribution >= 4 is 17.2 Å². The molecule has 1 fully saturated rings. The van der Waals surface area contributed by atoms with Gasteiger partial charge in [-0.25, -0.2) is 13.5 Å². The lowest BCUT2D eigenvalue weighted by molar-refractivity contribution is -0.0587. The standard InChI is InChI=1S/C20H19F2N3O2S/c1-12-10-24(11-13(2)27-12)20(26)16-9-18(19-4-3-7-28-19)25(23-16)17-6-5-14(21)8-15(17)22/h3-9,12-13H,10-11H2,1-2H3/t12-,13+. The summed E-state index contributed by atoms with van der Waals surface area (Å²) in [5.74, 6) is -1.65. The van der Waals surface area contributed by atoms with Crippen molar-refractivity contribution in [1.82, 2.24) is 14.7 Å². The predicted molar refractivity (Wildman–Crippen MR) is 103 cm³/mol. The molecule has 28 heavy (non-hydrogen) atoms. The lowest BCUT2D eigenvalue weighted by Gasteiger charge is -2.34. The summed E-state index contributed by atoms with van der Waals surface area (Å²) >= 11 is 1.45. The van der Waals surface area contributed by atoms with E-state index < -0.39 is 11.6 Å². The Morgan fingerprint density at radius 2 is 1.93 bits per heavy atom. The Morgan fingerprint density at radius 1 is 1.18 bits per heavy atom. The van der Waals surface area contributed by atoms with Crippen molar-refractivity contribution in [2.75, 3.05) is 13.1 Å². The van der Waals surface area contributed by atoms with Crippen LogP contribution in [0.4, 0.5) is 8.78 Å². The summed E-state index contributed by atoms with van der Waals surface area (Å²) in [6.45, 7) is 4.77. The SMILES string of the molecule is C[C@@H]1CN(C(=O)c2cc(-c3cccs3)n(-c3ccc(F)cc3F)n2)C[C@H](C)O1. The summed E-state index contributed by atoms with van der Waals surface area (Å²) in [4.78, 5) is 15.6. The maximum Gasteiger partial charge on any atom is 0.274 e. The topological polar surface area (TPSA) is 47.4 Å². The Labute approximate surface area is 165 Å². The fourth-order valence-electron chi connectivity index (χ4n) is 3.43. The van der Waals surface area contributed by atoms with E-state index in [0.29, 0.717) is 18.8 Å². The number of thiophene rings is 1. The van der Waals surface area contributed by atoms with Gasteiger partial charge in [0.1, 0.15) is 11.5 Å². The van der Waals surface area contributed by atoms with E-state index in [2.05, 4.69) is 5.10 Å². The number of benzene rings is 1. The minimum atomic E-state index is -0.742. The Kier molecular flexibility index (Phi) is 4.99. The fourth-order valence-corrected chi connectivity index (χ4v) is 4.15. The zero-order chi connectivity index (χ0) is 19.8. The Morgan fingerprint density at radius 3 is 2.57 bits per heavy atom. The van der Waals surface area contributed by atoms with E-state index in [0.717, 1.165) is 10.9 Å². The molecule has 3 aromatic rings. The van der Waals surface area contributed by atoms with Gasteiger partial charge >= 0.3 is 0 Å². The number of rotatable bonds is 3. The van der Waals surface area contributed by atoms with Crippen molar-refractivity contribution in [3.05, 3.63) is 59.1 Å². The third kappa shape index (κ3) is 3.57. The van der Waals surface area contributed by atoms with E-state index in [1.54, 1.807) is 11.0 Å². The molecule has 1 amide bonds. The average molecular weight is 403 g/mol. The van der Waals surface area contributed by atoms with Crippen LogP contribution in [0.5, 0.6) is 0 Å². The molecule has 5 nitrogen and oxygen atoms in total. The highest BCUT2D eigenvalue weighted by Gasteiger charge is 2.29. The van der Waals surface area contributed by atoms with Gasteiger partial charge < -0.3 is 9.64 Å². The van der Waals surface area contributed by atoms with Crippen molar-refractivity contribution in [1.29, 1.82) is 0 Å². The number of nitrogens with zero attached hydrogens (tertiary/aromatic N) is 3. The number of carbonyl (C=O) groups excluding carboxylic acids is 1. The molecule has 4 rings (SSSR count). The summed E-state index contributed by atoms with van der Waals surface area (Å²) in [5, 5.41) is 6.27. The van der Waals surface area contributed by atoms with Crippen LogP contribution in [0, 0.1) is 11.6 Å². The molecule has 1 aromatic carbocycles. The number of carbonyl (C=O) groups is 1. The summed E-state index contributed by atoms with van der Waals surface area (Å²) in [5.41, 5.74) is 0.888. The Hall–Kier alpha value is -2.58. The fraction of sp³-hybridized carbons (Fsp3) is 0.300. The van der Waals surface area contributed by atoms with Gasteiger partial charge in [0.25, 0.3) is 5.91 Å². The quantitative estimate of drug-likeness (QED) is 0.661. The second-order valence-electron chi connectivity index (χ2n) is 6.87. The zero-order valence-corrected chi connectivity index (χ0v) is 16.2. The number of hydrogen-bond acceptors (Lipinski definition) is 4. The lowest BCUT2D eigenvalue weighted by atomic mass is 10.2. The first-order valence-corrected chi connectivity index (χ1v) is 9.84. The van der Waals surface area contributed by atoms with E-state index in [1.807, 2.05) is 31.4 Å². The lowest BCUT2D eigenvalue weighted by Crippen LogP contribution is -2.48. The monoisotopic (exact) mass is 403 g/mol. The summed E-state index contributed by atoms with van der Waals surface area (Å²) in [7, 11) is 0. The van der Waals surface area contributed by atoms with Gasteiger partial charge in [-0.05, 0) is 43.5 Å². The van der Waals surface area contributed by atoms with Crippen molar-refractivity contribution < 1.29 is 18.3 Å². The van der Waals surface area contributed by atoms with Crippen molar-refractivity contribution in [2.45, 2.75) is 26.1 Å². The first kappa shape index (κ1) is 18.8. The van der Waals surface area contributed by atoms with Gasteiger partial charge in [0.05, 0.1) is 22.8 Å². The van der Waals surface area contributed by atoms with Gasteiger partial charge in [-0.2, -0.15) is 5.10 Å². The summed E-state index contributed by atoms with van der Waals surface area (Å²) in [6.07, 6.45) is -0.137. The number of aromatic nitrogens is 2. The van der Waals surface area contributed by atoms with E-state index >= 15 is 0 Å². The molecule has 2 aromatic heterocycles. The molecule has 0 N–H and O–H groups in total. The molecule has 146 valence electrons. The molecule has 0 bridgehead atoms. The van der Waals surface area contributed by atoms with Crippen LogP contribution in [0.15, 0.2) is 41.8 Å². The van der Waals surface area contributed by atoms with Crippen LogP contribution in [0.3, 0.4) is 0 Å². The second-order valence-corrected chi connectivity index (χ2v) is 7.81. The molecule has 8 heteroatoms. The average Bonchev–Trinajstić information content (AvgIpc) is 3.30.